The number of aromatic nitrogens is 2. The van der Waals surface area contributed by atoms with Crippen LogP contribution in [0.25, 0.3) is 5.69 Å². The molecule has 0 aliphatic carbocycles. The number of piperazine rings is 1. The highest BCUT2D eigenvalue weighted by Crippen LogP contribution is 2.22. The molecular formula is C16H20N4O3. The second kappa shape index (κ2) is 6.70. The van der Waals surface area contributed by atoms with Crippen LogP contribution in [0.1, 0.15) is 0 Å². The van der Waals surface area contributed by atoms with Crippen molar-refractivity contribution >= 4 is 11.9 Å². The van der Waals surface area contributed by atoms with Gasteiger partial charge in [-0.2, -0.15) is 0 Å². The van der Waals surface area contributed by atoms with Crippen LogP contribution < -0.4 is 9.64 Å². The monoisotopic (exact) mass is 316 g/mol. The van der Waals surface area contributed by atoms with E-state index in [9.17, 15) is 4.79 Å². The van der Waals surface area contributed by atoms with Crippen molar-refractivity contribution in [1.29, 1.82) is 0 Å². The maximum atomic E-state index is 10.8. The van der Waals surface area contributed by atoms with E-state index >= 15 is 0 Å². The summed E-state index contributed by atoms with van der Waals surface area (Å²) in [5.41, 5.74) is 0.991. The van der Waals surface area contributed by atoms with Crippen molar-refractivity contribution in [2.24, 2.45) is 0 Å². The molecule has 0 bridgehead atoms. The smallest absolute Gasteiger partial charge is 0.317 e. The molecule has 1 fully saturated rings. The molecule has 0 amide bonds. The van der Waals surface area contributed by atoms with Crippen LogP contribution in [0.3, 0.4) is 0 Å². The van der Waals surface area contributed by atoms with Gasteiger partial charge in [-0.25, -0.2) is 4.98 Å². The van der Waals surface area contributed by atoms with Gasteiger partial charge >= 0.3 is 5.97 Å². The average Bonchev–Trinajstić information content (AvgIpc) is 3.05. The lowest BCUT2D eigenvalue weighted by molar-refractivity contribution is -0.138. The fraction of sp³-hybridized carbons (Fsp3) is 0.375. The van der Waals surface area contributed by atoms with Gasteiger partial charge < -0.3 is 14.7 Å². The minimum atomic E-state index is -0.781. The largest absolute Gasteiger partial charge is 0.497 e. The lowest BCUT2D eigenvalue weighted by Crippen LogP contribution is -2.48. The fourth-order valence-corrected chi connectivity index (χ4v) is 2.79. The van der Waals surface area contributed by atoms with Crippen LogP contribution >= 0.6 is 0 Å². The summed E-state index contributed by atoms with van der Waals surface area (Å²) in [6.45, 7) is 3.05. The second-order valence-electron chi connectivity index (χ2n) is 5.46. The van der Waals surface area contributed by atoms with E-state index in [1.807, 2.05) is 39.9 Å². The highest BCUT2D eigenvalue weighted by atomic mass is 16.5. The Kier molecular flexibility index (Phi) is 4.47. The zero-order chi connectivity index (χ0) is 16.2. The van der Waals surface area contributed by atoms with E-state index in [2.05, 4.69) is 9.88 Å². The highest BCUT2D eigenvalue weighted by Gasteiger charge is 2.22. The van der Waals surface area contributed by atoms with Gasteiger partial charge in [0, 0.05) is 44.6 Å². The molecular weight excluding hydrogens is 296 g/mol. The zero-order valence-corrected chi connectivity index (χ0v) is 13.1. The molecule has 7 heteroatoms. The first-order valence-corrected chi connectivity index (χ1v) is 7.54. The van der Waals surface area contributed by atoms with Crippen LogP contribution in [0.4, 0.5) is 5.95 Å². The van der Waals surface area contributed by atoms with Crippen LogP contribution in [-0.2, 0) is 4.79 Å². The van der Waals surface area contributed by atoms with Crippen molar-refractivity contribution in [3.8, 4) is 11.4 Å². The molecule has 1 aliphatic heterocycles. The first-order chi connectivity index (χ1) is 11.2. The van der Waals surface area contributed by atoms with Crippen LogP contribution in [0.15, 0.2) is 36.7 Å². The van der Waals surface area contributed by atoms with Gasteiger partial charge in [0.05, 0.1) is 19.3 Å². The third-order valence-electron chi connectivity index (χ3n) is 3.97. The molecule has 2 heterocycles. The maximum Gasteiger partial charge on any atom is 0.317 e. The minimum absolute atomic E-state index is 0.0954. The molecule has 23 heavy (non-hydrogen) atoms. The molecule has 1 N–H and O–H groups in total. The number of benzene rings is 1. The summed E-state index contributed by atoms with van der Waals surface area (Å²) in [4.78, 5) is 19.4. The van der Waals surface area contributed by atoms with Gasteiger partial charge in [0.2, 0.25) is 5.95 Å². The Hall–Kier alpha value is -2.54. The normalized spacial score (nSPS) is 15.6. The SMILES string of the molecule is COc1cccc(-n2ccnc2N2CCN(CC(=O)O)CC2)c1. The number of carbonyl (C=O) groups is 1. The molecule has 1 saturated heterocycles. The van der Waals surface area contributed by atoms with Crippen molar-refractivity contribution in [3.05, 3.63) is 36.7 Å². The van der Waals surface area contributed by atoms with Gasteiger partial charge in [0.15, 0.2) is 0 Å². The number of methoxy groups -OCH3 is 1. The van der Waals surface area contributed by atoms with Crippen LogP contribution in [0.5, 0.6) is 5.75 Å². The van der Waals surface area contributed by atoms with Gasteiger partial charge in [-0.15, -0.1) is 0 Å². The molecule has 1 aliphatic rings. The standard InChI is InChI=1S/C16H20N4O3/c1-23-14-4-2-3-13(11-14)20-6-5-17-16(20)19-9-7-18(8-10-19)12-15(21)22/h2-6,11H,7-10,12H2,1H3,(H,21,22). The number of anilines is 1. The third kappa shape index (κ3) is 3.45. The zero-order valence-electron chi connectivity index (χ0n) is 13.1. The molecule has 0 radical (unpaired) electrons. The summed E-state index contributed by atoms with van der Waals surface area (Å²) in [6.07, 6.45) is 3.70. The van der Waals surface area contributed by atoms with E-state index in [0.717, 1.165) is 43.6 Å². The summed E-state index contributed by atoms with van der Waals surface area (Å²) in [6, 6.07) is 7.83. The molecule has 122 valence electrons. The Bertz CT molecular complexity index is 677. The number of carboxylic acids is 1. The number of hydrogen-bond acceptors (Lipinski definition) is 5. The maximum absolute atomic E-state index is 10.8. The first kappa shape index (κ1) is 15.4. The van der Waals surface area contributed by atoms with E-state index < -0.39 is 5.97 Å². The Morgan fingerprint density at radius 3 is 2.78 bits per heavy atom. The molecule has 1 aromatic carbocycles. The van der Waals surface area contributed by atoms with E-state index in [0.29, 0.717) is 0 Å². The van der Waals surface area contributed by atoms with E-state index in [4.69, 9.17) is 9.84 Å². The van der Waals surface area contributed by atoms with Gasteiger partial charge in [-0.1, -0.05) is 6.07 Å². The lowest BCUT2D eigenvalue weighted by Gasteiger charge is -2.34. The van der Waals surface area contributed by atoms with Gasteiger partial charge in [0.1, 0.15) is 5.75 Å². The predicted octanol–water partition coefficient (Wildman–Crippen LogP) is 1.09. The minimum Gasteiger partial charge on any atom is -0.497 e. The van der Waals surface area contributed by atoms with Crippen molar-refractivity contribution in [2.75, 3.05) is 44.7 Å². The number of aliphatic carboxylic acids is 1. The molecule has 2 aromatic rings. The molecule has 0 spiro atoms. The summed E-state index contributed by atoms with van der Waals surface area (Å²) >= 11 is 0. The summed E-state index contributed by atoms with van der Waals surface area (Å²) in [5, 5.41) is 8.87. The number of rotatable bonds is 5. The number of hydrogen-bond donors (Lipinski definition) is 1. The quantitative estimate of drug-likeness (QED) is 0.890. The Morgan fingerprint density at radius 1 is 1.30 bits per heavy atom. The van der Waals surface area contributed by atoms with Crippen LogP contribution in [0, 0.1) is 0 Å². The summed E-state index contributed by atoms with van der Waals surface area (Å²) in [7, 11) is 1.65. The average molecular weight is 316 g/mol. The van der Waals surface area contributed by atoms with Crippen molar-refractivity contribution < 1.29 is 14.6 Å². The predicted molar refractivity (Wildman–Crippen MR) is 86.4 cm³/mol. The summed E-state index contributed by atoms with van der Waals surface area (Å²) < 4.78 is 7.30. The molecule has 0 saturated carbocycles. The number of carboxylic acid groups (broad SMARTS) is 1. The van der Waals surface area contributed by atoms with Crippen LogP contribution in [0.2, 0.25) is 0 Å². The first-order valence-electron chi connectivity index (χ1n) is 7.54. The Balaban J connectivity index is 1.75. The van der Waals surface area contributed by atoms with E-state index in [1.54, 1.807) is 13.3 Å². The van der Waals surface area contributed by atoms with Crippen molar-refractivity contribution in [2.45, 2.75) is 0 Å². The number of imidazole rings is 1. The highest BCUT2D eigenvalue weighted by molar-refractivity contribution is 5.69. The molecule has 3 rings (SSSR count). The number of ether oxygens (including phenoxy) is 1. The van der Waals surface area contributed by atoms with Gasteiger partial charge in [-0.3, -0.25) is 14.3 Å². The molecule has 7 nitrogen and oxygen atoms in total. The fourth-order valence-electron chi connectivity index (χ4n) is 2.79. The third-order valence-corrected chi connectivity index (χ3v) is 3.97. The Morgan fingerprint density at radius 2 is 2.09 bits per heavy atom. The summed E-state index contributed by atoms with van der Waals surface area (Å²) in [5.74, 6) is 0.887. The van der Waals surface area contributed by atoms with E-state index in [1.165, 1.54) is 0 Å². The lowest BCUT2D eigenvalue weighted by atomic mass is 10.3. The molecule has 0 unspecified atom stereocenters. The molecule has 0 atom stereocenters. The second-order valence-corrected chi connectivity index (χ2v) is 5.46. The van der Waals surface area contributed by atoms with Crippen molar-refractivity contribution in [1.82, 2.24) is 14.5 Å². The van der Waals surface area contributed by atoms with Crippen LogP contribution in [-0.4, -0.2) is 65.4 Å². The topological polar surface area (TPSA) is 70.8 Å². The van der Waals surface area contributed by atoms with E-state index in [-0.39, 0.29) is 6.54 Å². The Labute approximate surface area is 134 Å². The van der Waals surface area contributed by atoms with Gasteiger partial charge in [0.25, 0.3) is 0 Å². The number of nitrogens with zero attached hydrogens (tertiary/aromatic N) is 4. The van der Waals surface area contributed by atoms with Crippen molar-refractivity contribution in [3.63, 3.8) is 0 Å². The molecule has 1 aromatic heterocycles. The van der Waals surface area contributed by atoms with Gasteiger partial charge in [-0.05, 0) is 12.1 Å².